The Hall–Kier alpha value is -0.240. The second-order valence-corrected chi connectivity index (χ2v) is 4.13. The van der Waals surface area contributed by atoms with Crippen molar-refractivity contribution in [2.24, 2.45) is 0 Å². The van der Waals surface area contributed by atoms with E-state index < -0.39 is 0 Å². The van der Waals surface area contributed by atoms with Crippen LogP contribution in [0.3, 0.4) is 0 Å². The van der Waals surface area contributed by atoms with Crippen LogP contribution in [0.15, 0.2) is 0 Å². The van der Waals surface area contributed by atoms with E-state index in [0.717, 1.165) is 19.3 Å². The Balaban J connectivity index is 3.25. The molecular weight excluding hydrogens is 228 g/mol. The quantitative estimate of drug-likeness (QED) is 0.279. The van der Waals surface area contributed by atoms with E-state index in [-0.39, 0.29) is 12.2 Å². The zero-order valence-corrected chi connectivity index (χ0v) is 10.4. The van der Waals surface area contributed by atoms with Gasteiger partial charge in [0.1, 0.15) is 0 Å². The first-order valence-electron chi connectivity index (χ1n) is 6.16. The first-order valence-corrected chi connectivity index (χ1v) is 6.16. The second-order valence-electron chi connectivity index (χ2n) is 4.13. The molecule has 17 heavy (non-hydrogen) atoms. The smallest absolute Gasteiger partial charge is 0.0855 e. The standard InChI is InChI=1S/C11H24O6/c1-2-5-10(12)7-8-11(13)6-3-4-9-15-17-16-14/h10-14H,2-9H2,1H3. The fourth-order valence-electron chi connectivity index (χ4n) is 1.60. The van der Waals surface area contributed by atoms with Gasteiger partial charge < -0.3 is 10.2 Å². The lowest BCUT2D eigenvalue weighted by atomic mass is 10.0. The van der Waals surface area contributed by atoms with Gasteiger partial charge in [-0.15, -0.1) is 0 Å². The SMILES string of the molecule is CCCC(O)CCC(O)CCCCOOOO. The maximum Gasteiger partial charge on any atom is 0.0855 e. The minimum Gasteiger partial charge on any atom is -0.393 e. The number of hydrogen-bond acceptors (Lipinski definition) is 6. The highest BCUT2D eigenvalue weighted by atomic mass is 17.6. The summed E-state index contributed by atoms with van der Waals surface area (Å²) in [5.74, 6) is 0. The summed E-state index contributed by atoms with van der Waals surface area (Å²) in [6.45, 7) is 2.32. The normalized spacial score (nSPS) is 14.8. The average Bonchev–Trinajstić information content (AvgIpc) is 2.31. The lowest BCUT2D eigenvalue weighted by Crippen LogP contribution is -2.13. The summed E-state index contributed by atoms with van der Waals surface area (Å²) in [5, 5.41) is 33.9. The van der Waals surface area contributed by atoms with Crippen molar-refractivity contribution < 1.29 is 30.4 Å². The van der Waals surface area contributed by atoms with Gasteiger partial charge in [-0.2, -0.15) is 0 Å². The molecule has 0 radical (unpaired) electrons. The molecule has 0 aliphatic heterocycles. The Morgan fingerprint density at radius 3 is 2.18 bits per heavy atom. The number of aliphatic hydroxyl groups excluding tert-OH is 2. The molecule has 0 heterocycles. The Morgan fingerprint density at radius 1 is 0.941 bits per heavy atom. The van der Waals surface area contributed by atoms with Crippen LogP contribution in [-0.2, 0) is 15.0 Å². The zero-order chi connectivity index (χ0) is 12.9. The molecule has 6 nitrogen and oxygen atoms in total. The third-order valence-electron chi connectivity index (χ3n) is 2.55. The van der Waals surface area contributed by atoms with Gasteiger partial charge in [-0.05, 0) is 48.6 Å². The van der Waals surface area contributed by atoms with E-state index in [0.29, 0.717) is 32.3 Å². The second kappa shape index (κ2) is 12.2. The minimum absolute atomic E-state index is 0.297. The molecule has 0 rings (SSSR count). The molecule has 0 amide bonds. The fraction of sp³-hybridized carbons (Fsp3) is 1.00. The highest BCUT2D eigenvalue weighted by Gasteiger charge is 2.08. The third-order valence-corrected chi connectivity index (χ3v) is 2.55. The summed E-state index contributed by atoms with van der Waals surface area (Å²) in [4.78, 5) is 4.40. The number of unbranched alkanes of at least 4 members (excludes halogenated alkanes) is 1. The van der Waals surface area contributed by atoms with E-state index >= 15 is 0 Å². The topological polar surface area (TPSA) is 88.4 Å². The van der Waals surface area contributed by atoms with Crippen molar-refractivity contribution in [3.8, 4) is 0 Å². The third kappa shape index (κ3) is 12.0. The van der Waals surface area contributed by atoms with Crippen LogP contribution >= 0.6 is 0 Å². The van der Waals surface area contributed by atoms with Crippen molar-refractivity contribution in [3.05, 3.63) is 0 Å². The van der Waals surface area contributed by atoms with Gasteiger partial charge in [0.15, 0.2) is 0 Å². The molecule has 2 unspecified atom stereocenters. The number of hydrogen-bond donors (Lipinski definition) is 3. The van der Waals surface area contributed by atoms with Crippen LogP contribution in [0.5, 0.6) is 0 Å². The van der Waals surface area contributed by atoms with Crippen molar-refractivity contribution in [1.29, 1.82) is 0 Å². The van der Waals surface area contributed by atoms with E-state index in [2.05, 4.69) is 15.0 Å². The molecule has 6 heteroatoms. The molecule has 0 saturated carbocycles. The molecule has 0 aromatic carbocycles. The van der Waals surface area contributed by atoms with Gasteiger partial charge in [0.2, 0.25) is 0 Å². The van der Waals surface area contributed by atoms with Gasteiger partial charge in [-0.3, -0.25) is 0 Å². The molecule has 0 saturated heterocycles. The molecule has 0 fully saturated rings. The zero-order valence-electron chi connectivity index (χ0n) is 10.4. The molecule has 0 bridgehead atoms. The van der Waals surface area contributed by atoms with Crippen molar-refractivity contribution in [3.63, 3.8) is 0 Å². The molecule has 0 aromatic heterocycles. The van der Waals surface area contributed by atoms with E-state index in [1.54, 1.807) is 0 Å². The van der Waals surface area contributed by atoms with Crippen LogP contribution in [0.4, 0.5) is 0 Å². The first-order chi connectivity index (χ1) is 8.20. The highest BCUT2D eigenvalue weighted by molar-refractivity contribution is 4.61. The molecule has 0 aliphatic rings. The van der Waals surface area contributed by atoms with Crippen molar-refractivity contribution >= 4 is 0 Å². The summed E-state index contributed by atoms with van der Waals surface area (Å²) in [7, 11) is 0. The number of rotatable bonds is 12. The Bertz CT molecular complexity index is 155. The monoisotopic (exact) mass is 252 g/mol. The van der Waals surface area contributed by atoms with Crippen LogP contribution in [-0.4, -0.2) is 34.3 Å². The highest BCUT2D eigenvalue weighted by Crippen LogP contribution is 2.11. The molecule has 104 valence electrons. The Labute approximate surface area is 102 Å². The lowest BCUT2D eigenvalue weighted by molar-refractivity contribution is -0.623. The molecule has 0 spiro atoms. The summed E-state index contributed by atoms with van der Waals surface area (Å²) in [6, 6.07) is 0. The van der Waals surface area contributed by atoms with E-state index in [1.807, 2.05) is 6.92 Å². The Morgan fingerprint density at radius 2 is 1.59 bits per heavy atom. The maximum atomic E-state index is 9.62. The molecule has 2 atom stereocenters. The minimum atomic E-state index is -0.378. The van der Waals surface area contributed by atoms with Crippen LogP contribution in [0.2, 0.25) is 0 Å². The molecule has 0 aliphatic carbocycles. The van der Waals surface area contributed by atoms with Gasteiger partial charge in [0.05, 0.1) is 18.8 Å². The predicted octanol–water partition coefficient (Wildman–Crippen LogP) is 1.81. The summed E-state index contributed by atoms with van der Waals surface area (Å²) in [6.07, 6.45) is 4.51. The van der Waals surface area contributed by atoms with Gasteiger partial charge in [-0.25, -0.2) is 10.1 Å². The van der Waals surface area contributed by atoms with E-state index in [9.17, 15) is 10.2 Å². The predicted molar refractivity (Wildman–Crippen MR) is 60.8 cm³/mol. The van der Waals surface area contributed by atoms with Crippen LogP contribution in [0, 0.1) is 0 Å². The van der Waals surface area contributed by atoms with Gasteiger partial charge in [0.25, 0.3) is 0 Å². The van der Waals surface area contributed by atoms with Crippen LogP contribution in [0.1, 0.15) is 51.9 Å². The molecular formula is C11H24O6. The molecule has 3 N–H and O–H groups in total. The average molecular weight is 252 g/mol. The summed E-state index contributed by atoms with van der Waals surface area (Å²) >= 11 is 0. The maximum absolute atomic E-state index is 9.62. The van der Waals surface area contributed by atoms with Crippen molar-refractivity contribution in [2.45, 2.75) is 64.1 Å². The molecule has 0 aromatic rings. The van der Waals surface area contributed by atoms with Crippen LogP contribution in [0.25, 0.3) is 0 Å². The lowest BCUT2D eigenvalue weighted by Gasteiger charge is -2.13. The largest absolute Gasteiger partial charge is 0.393 e. The first kappa shape index (κ1) is 16.8. The van der Waals surface area contributed by atoms with Gasteiger partial charge >= 0.3 is 0 Å². The van der Waals surface area contributed by atoms with Gasteiger partial charge in [-0.1, -0.05) is 13.3 Å². The number of aliphatic hydroxyl groups is 2. The van der Waals surface area contributed by atoms with E-state index in [1.165, 1.54) is 0 Å². The van der Waals surface area contributed by atoms with Crippen molar-refractivity contribution in [1.82, 2.24) is 0 Å². The van der Waals surface area contributed by atoms with Crippen LogP contribution < -0.4 is 0 Å². The Kier molecular flexibility index (Phi) is 12.1. The van der Waals surface area contributed by atoms with E-state index in [4.69, 9.17) is 5.26 Å². The van der Waals surface area contributed by atoms with Gasteiger partial charge in [0, 0.05) is 0 Å². The van der Waals surface area contributed by atoms with Crippen molar-refractivity contribution in [2.75, 3.05) is 6.61 Å². The summed E-state index contributed by atoms with van der Waals surface area (Å²) < 4.78 is 0. The summed E-state index contributed by atoms with van der Waals surface area (Å²) in [5.41, 5.74) is 0. The fourth-order valence-corrected chi connectivity index (χ4v) is 1.60.